The van der Waals surface area contributed by atoms with Gasteiger partial charge in [-0.3, -0.25) is 9.36 Å². The highest BCUT2D eigenvalue weighted by Crippen LogP contribution is 2.23. The van der Waals surface area contributed by atoms with E-state index in [-0.39, 0.29) is 5.91 Å². The van der Waals surface area contributed by atoms with Crippen molar-refractivity contribution in [3.05, 3.63) is 30.1 Å². The summed E-state index contributed by atoms with van der Waals surface area (Å²) in [4.78, 5) is 15.4. The average molecular weight is 319 g/mol. The fourth-order valence-corrected chi connectivity index (χ4v) is 2.86. The van der Waals surface area contributed by atoms with Crippen molar-refractivity contribution >= 4 is 23.4 Å². The molecule has 2 rings (SSSR count). The summed E-state index contributed by atoms with van der Waals surface area (Å²) in [5, 5.41) is 9.03. The third-order valence-corrected chi connectivity index (χ3v) is 4.16. The van der Waals surface area contributed by atoms with Crippen LogP contribution in [0.5, 0.6) is 0 Å². The van der Waals surface area contributed by atoms with E-state index in [4.69, 9.17) is 0 Å². The minimum Gasteiger partial charge on any atom is -0.378 e. The topological polar surface area (TPSA) is 54.3 Å². The van der Waals surface area contributed by atoms with Gasteiger partial charge in [-0.2, -0.15) is 0 Å². The zero-order valence-electron chi connectivity index (χ0n) is 13.6. The summed E-state index contributed by atoms with van der Waals surface area (Å²) in [7, 11) is 7.51. The molecule has 0 aliphatic heterocycles. The third-order valence-electron chi connectivity index (χ3n) is 3.24. The Hall–Kier alpha value is -2.02. The van der Waals surface area contributed by atoms with Crippen molar-refractivity contribution in [3.8, 4) is 5.69 Å². The molecule has 0 spiro atoms. The van der Waals surface area contributed by atoms with E-state index >= 15 is 0 Å². The van der Waals surface area contributed by atoms with Gasteiger partial charge in [0.05, 0.1) is 5.75 Å². The van der Waals surface area contributed by atoms with Crippen molar-refractivity contribution in [3.63, 3.8) is 0 Å². The number of nitrogens with zero attached hydrogens (tertiary/aromatic N) is 5. The van der Waals surface area contributed by atoms with Gasteiger partial charge in [0.25, 0.3) is 0 Å². The predicted molar refractivity (Wildman–Crippen MR) is 89.8 cm³/mol. The van der Waals surface area contributed by atoms with Crippen molar-refractivity contribution in [2.45, 2.75) is 12.1 Å². The van der Waals surface area contributed by atoms with Crippen LogP contribution >= 0.6 is 11.8 Å². The van der Waals surface area contributed by atoms with Gasteiger partial charge in [0.1, 0.15) is 5.82 Å². The summed E-state index contributed by atoms with van der Waals surface area (Å²) in [5.41, 5.74) is 2.12. The second-order valence-corrected chi connectivity index (χ2v) is 6.30. The fourth-order valence-electron chi connectivity index (χ4n) is 1.89. The highest BCUT2D eigenvalue weighted by atomic mass is 32.2. The van der Waals surface area contributed by atoms with E-state index in [9.17, 15) is 4.79 Å². The molecule has 2 aromatic rings. The standard InChI is InChI=1S/C15H21N5OS/c1-11-16-17-15(22-10-14(21)19(4)5)20(11)13-8-6-12(7-9-13)18(2)3/h6-9H,10H2,1-5H3. The van der Waals surface area contributed by atoms with Crippen molar-refractivity contribution in [2.24, 2.45) is 0 Å². The van der Waals surface area contributed by atoms with Gasteiger partial charge >= 0.3 is 0 Å². The molecule has 0 unspecified atom stereocenters. The van der Waals surface area contributed by atoms with Crippen LogP contribution in [-0.2, 0) is 4.79 Å². The summed E-state index contributed by atoms with van der Waals surface area (Å²) in [6.45, 7) is 1.91. The normalized spacial score (nSPS) is 10.6. The molecular weight excluding hydrogens is 298 g/mol. The Morgan fingerprint density at radius 3 is 2.32 bits per heavy atom. The van der Waals surface area contributed by atoms with Crippen LogP contribution in [0.2, 0.25) is 0 Å². The van der Waals surface area contributed by atoms with Crippen LogP contribution in [0.25, 0.3) is 5.69 Å². The first-order chi connectivity index (χ1) is 10.4. The maximum absolute atomic E-state index is 11.7. The van der Waals surface area contributed by atoms with Crippen LogP contribution in [0, 0.1) is 6.92 Å². The second kappa shape index (κ2) is 6.83. The lowest BCUT2D eigenvalue weighted by atomic mass is 10.2. The number of hydrogen-bond donors (Lipinski definition) is 0. The molecule has 0 N–H and O–H groups in total. The lowest BCUT2D eigenvalue weighted by Crippen LogP contribution is -2.23. The molecular formula is C15H21N5OS. The number of thioether (sulfide) groups is 1. The van der Waals surface area contributed by atoms with Crippen molar-refractivity contribution < 1.29 is 4.79 Å². The number of amides is 1. The summed E-state index contributed by atoms with van der Waals surface area (Å²) < 4.78 is 1.97. The number of aromatic nitrogens is 3. The number of benzene rings is 1. The Kier molecular flexibility index (Phi) is 5.07. The molecule has 0 saturated heterocycles. The molecule has 1 heterocycles. The summed E-state index contributed by atoms with van der Waals surface area (Å²) >= 11 is 1.40. The van der Waals surface area contributed by atoms with E-state index in [1.807, 2.05) is 54.8 Å². The first-order valence-corrected chi connectivity index (χ1v) is 7.91. The zero-order valence-corrected chi connectivity index (χ0v) is 14.4. The SMILES string of the molecule is Cc1nnc(SCC(=O)N(C)C)n1-c1ccc(N(C)C)cc1. The lowest BCUT2D eigenvalue weighted by Gasteiger charge is -2.14. The minimum atomic E-state index is 0.0557. The summed E-state index contributed by atoms with van der Waals surface area (Å²) in [5.74, 6) is 1.21. The van der Waals surface area contributed by atoms with Crippen LogP contribution in [0.1, 0.15) is 5.82 Å². The Bertz CT molecular complexity index is 648. The van der Waals surface area contributed by atoms with Gasteiger partial charge in [0.15, 0.2) is 5.16 Å². The summed E-state index contributed by atoms with van der Waals surface area (Å²) in [6.07, 6.45) is 0. The molecule has 6 nitrogen and oxygen atoms in total. The van der Waals surface area contributed by atoms with Gasteiger partial charge in [0.2, 0.25) is 5.91 Å². The Labute approximate surface area is 135 Å². The van der Waals surface area contributed by atoms with Gasteiger partial charge in [0, 0.05) is 39.6 Å². The van der Waals surface area contributed by atoms with E-state index < -0.39 is 0 Å². The van der Waals surface area contributed by atoms with Crippen molar-refractivity contribution in [1.82, 2.24) is 19.7 Å². The van der Waals surface area contributed by atoms with Crippen LogP contribution in [0.4, 0.5) is 5.69 Å². The van der Waals surface area contributed by atoms with Crippen molar-refractivity contribution in [1.29, 1.82) is 0 Å². The van der Waals surface area contributed by atoms with Gasteiger partial charge in [-0.15, -0.1) is 10.2 Å². The van der Waals surface area contributed by atoms with Gasteiger partial charge < -0.3 is 9.80 Å². The molecule has 0 radical (unpaired) electrons. The fraction of sp³-hybridized carbons (Fsp3) is 0.400. The maximum atomic E-state index is 11.7. The molecule has 22 heavy (non-hydrogen) atoms. The number of anilines is 1. The molecule has 0 atom stereocenters. The molecule has 1 aromatic heterocycles. The molecule has 0 aliphatic carbocycles. The van der Waals surface area contributed by atoms with Gasteiger partial charge in [-0.1, -0.05) is 11.8 Å². The highest BCUT2D eigenvalue weighted by Gasteiger charge is 2.14. The van der Waals surface area contributed by atoms with Crippen LogP contribution in [0.15, 0.2) is 29.4 Å². The minimum absolute atomic E-state index is 0.0557. The van der Waals surface area contributed by atoms with E-state index in [1.54, 1.807) is 19.0 Å². The quantitative estimate of drug-likeness (QED) is 0.787. The molecule has 0 fully saturated rings. The van der Waals surface area contributed by atoms with E-state index in [0.717, 1.165) is 22.4 Å². The predicted octanol–water partition coefficient (Wildman–Crippen LogP) is 1.82. The smallest absolute Gasteiger partial charge is 0.232 e. The average Bonchev–Trinajstić information content (AvgIpc) is 2.85. The number of carbonyl (C=O) groups is 1. The Balaban J connectivity index is 2.23. The zero-order chi connectivity index (χ0) is 16.3. The Morgan fingerprint density at radius 2 is 1.77 bits per heavy atom. The van der Waals surface area contributed by atoms with E-state index in [0.29, 0.717) is 5.75 Å². The monoisotopic (exact) mass is 319 g/mol. The molecule has 0 bridgehead atoms. The van der Waals surface area contributed by atoms with Crippen LogP contribution in [-0.4, -0.2) is 59.5 Å². The molecule has 1 amide bonds. The number of carbonyl (C=O) groups excluding carboxylic acids is 1. The van der Waals surface area contributed by atoms with Gasteiger partial charge in [-0.05, 0) is 31.2 Å². The highest BCUT2D eigenvalue weighted by molar-refractivity contribution is 7.99. The third kappa shape index (κ3) is 3.59. The Morgan fingerprint density at radius 1 is 1.14 bits per heavy atom. The van der Waals surface area contributed by atoms with E-state index in [2.05, 4.69) is 10.2 Å². The van der Waals surface area contributed by atoms with Gasteiger partial charge in [-0.25, -0.2) is 0 Å². The maximum Gasteiger partial charge on any atom is 0.232 e. The number of rotatable bonds is 5. The lowest BCUT2D eigenvalue weighted by molar-refractivity contribution is -0.125. The second-order valence-electron chi connectivity index (χ2n) is 5.35. The summed E-state index contributed by atoms with van der Waals surface area (Å²) in [6, 6.07) is 8.16. The molecule has 0 saturated carbocycles. The molecule has 118 valence electrons. The van der Waals surface area contributed by atoms with Crippen LogP contribution < -0.4 is 4.90 Å². The largest absolute Gasteiger partial charge is 0.378 e. The number of aryl methyl sites for hydroxylation is 1. The van der Waals surface area contributed by atoms with Crippen molar-refractivity contribution in [2.75, 3.05) is 38.8 Å². The molecule has 1 aromatic carbocycles. The van der Waals surface area contributed by atoms with Crippen LogP contribution in [0.3, 0.4) is 0 Å². The number of hydrogen-bond acceptors (Lipinski definition) is 5. The molecule has 0 aliphatic rings. The van der Waals surface area contributed by atoms with E-state index in [1.165, 1.54) is 11.8 Å². The first-order valence-electron chi connectivity index (χ1n) is 6.93. The first kappa shape index (κ1) is 16.4. The molecule has 7 heteroatoms.